The van der Waals surface area contributed by atoms with E-state index >= 15 is 0 Å². The van der Waals surface area contributed by atoms with Gasteiger partial charge < -0.3 is 10.4 Å². The first kappa shape index (κ1) is 9.98. The minimum Gasteiger partial charge on any atom is -0.508 e. The zero-order chi connectivity index (χ0) is 11.0. The van der Waals surface area contributed by atoms with Crippen LogP contribution in [0.3, 0.4) is 0 Å². The normalized spacial score (nSPS) is 10.5. The second-order valence-corrected chi connectivity index (χ2v) is 4.37. The lowest BCUT2D eigenvalue weighted by Gasteiger charge is -1.96. The molecule has 0 saturated heterocycles. The van der Waals surface area contributed by atoms with Gasteiger partial charge >= 0.3 is 0 Å². The van der Waals surface area contributed by atoms with Crippen LogP contribution in [0.2, 0.25) is 0 Å². The van der Waals surface area contributed by atoms with Crippen molar-refractivity contribution in [3.8, 4) is 5.75 Å². The van der Waals surface area contributed by atoms with E-state index in [1.54, 1.807) is 19.2 Å². The Bertz CT molecular complexity index is 531. The van der Waals surface area contributed by atoms with Gasteiger partial charge in [-0.15, -0.1) is 11.3 Å². The van der Waals surface area contributed by atoms with Crippen molar-refractivity contribution in [2.75, 3.05) is 7.05 Å². The molecule has 0 aliphatic rings. The fourth-order valence-electron chi connectivity index (χ4n) is 1.54. The van der Waals surface area contributed by atoms with Crippen LogP contribution in [0.25, 0.3) is 10.1 Å². The molecule has 0 aliphatic heterocycles. The number of phenols is 1. The zero-order valence-corrected chi connectivity index (χ0v) is 9.31. The summed E-state index contributed by atoms with van der Waals surface area (Å²) in [6.45, 7) is 1.92. The van der Waals surface area contributed by atoms with E-state index in [1.807, 2.05) is 13.0 Å². The Morgan fingerprint density at radius 1 is 1.47 bits per heavy atom. The number of benzene rings is 1. The van der Waals surface area contributed by atoms with Crippen molar-refractivity contribution in [1.82, 2.24) is 5.32 Å². The summed E-state index contributed by atoms with van der Waals surface area (Å²) in [5.74, 6) is 0.153. The number of hydrogen-bond donors (Lipinski definition) is 2. The molecule has 15 heavy (non-hydrogen) atoms. The molecule has 0 aliphatic carbocycles. The van der Waals surface area contributed by atoms with Crippen molar-refractivity contribution in [1.29, 1.82) is 0 Å². The first-order chi connectivity index (χ1) is 7.13. The highest BCUT2D eigenvalue weighted by Crippen LogP contribution is 2.32. The Kier molecular flexibility index (Phi) is 2.36. The molecule has 0 spiro atoms. The topological polar surface area (TPSA) is 49.3 Å². The van der Waals surface area contributed by atoms with Crippen LogP contribution in [0.15, 0.2) is 18.2 Å². The van der Waals surface area contributed by atoms with E-state index in [9.17, 15) is 9.90 Å². The summed E-state index contributed by atoms with van der Waals surface area (Å²) in [6.07, 6.45) is 0. The number of aryl methyl sites for hydroxylation is 1. The highest BCUT2D eigenvalue weighted by molar-refractivity contribution is 7.21. The monoisotopic (exact) mass is 221 g/mol. The second-order valence-electron chi connectivity index (χ2n) is 3.32. The maximum absolute atomic E-state index is 11.5. The molecule has 0 saturated carbocycles. The average Bonchev–Trinajstić information content (AvgIpc) is 2.54. The quantitative estimate of drug-likeness (QED) is 0.776. The molecule has 1 aromatic heterocycles. The van der Waals surface area contributed by atoms with Gasteiger partial charge in [0, 0.05) is 11.7 Å². The first-order valence-electron chi connectivity index (χ1n) is 4.57. The SMILES string of the molecule is CNC(=O)c1sc2cc(O)ccc2c1C. The molecule has 0 radical (unpaired) electrons. The maximum atomic E-state index is 11.5. The van der Waals surface area contributed by atoms with E-state index in [2.05, 4.69) is 5.32 Å². The fourth-order valence-corrected chi connectivity index (χ4v) is 2.73. The van der Waals surface area contributed by atoms with Crippen molar-refractivity contribution < 1.29 is 9.90 Å². The summed E-state index contributed by atoms with van der Waals surface area (Å²) >= 11 is 1.40. The summed E-state index contributed by atoms with van der Waals surface area (Å²) in [5, 5.41) is 13.0. The number of amides is 1. The van der Waals surface area contributed by atoms with Crippen LogP contribution in [0, 0.1) is 6.92 Å². The minimum atomic E-state index is -0.0758. The molecule has 78 valence electrons. The van der Waals surface area contributed by atoms with Gasteiger partial charge in [-0.05, 0) is 36.1 Å². The van der Waals surface area contributed by atoms with Crippen LogP contribution >= 0.6 is 11.3 Å². The summed E-state index contributed by atoms with van der Waals surface area (Å²) in [5.41, 5.74) is 0.967. The van der Waals surface area contributed by atoms with E-state index in [-0.39, 0.29) is 11.7 Å². The molecule has 0 atom stereocenters. The number of thiophene rings is 1. The van der Waals surface area contributed by atoms with Gasteiger partial charge in [-0.3, -0.25) is 4.79 Å². The summed E-state index contributed by atoms with van der Waals surface area (Å²) in [7, 11) is 1.61. The molecule has 2 N–H and O–H groups in total. The summed E-state index contributed by atoms with van der Waals surface area (Å²) in [4.78, 5) is 12.2. The third-order valence-electron chi connectivity index (χ3n) is 2.36. The Morgan fingerprint density at radius 3 is 2.87 bits per heavy atom. The Labute approximate surface area is 91.4 Å². The van der Waals surface area contributed by atoms with Gasteiger partial charge in [0.1, 0.15) is 5.75 Å². The standard InChI is InChI=1S/C11H11NO2S/c1-6-8-4-3-7(13)5-9(8)15-10(6)11(14)12-2/h3-5,13H,1-2H3,(H,12,14). The number of carbonyl (C=O) groups excluding carboxylic acids is 1. The molecule has 2 aromatic rings. The van der Waals surface area contributed by atoms with Crippen LogP contribution in [0.5, 0.6) is 5.75 Å². The molecule has 4 heteroatoms. The van der Waals surface area contributed by atoms with Crippen LogP contribution in [0.4, 0.5) is 0 Å². The van der Waals surface area contributed by atoms with Crippen molar-refractivity contribution in [2.24, 2.45) is 0 Å². The van der Waals surface area contributed by atoms with Crippen molar-refractivity contribution in [3.05, 3.63) is 28.6 Å². The molecular formula is C11H11NO2S. The highest BCUT2D eigenvalue weighted by atomic mass is 32.1. The number of phenolic OH excluding ortho intramolecular Hbond substituents is 1. The van der Waals surface area contributed by atoms with Gasteiger partial charge in [-0.1, -0.05) is 0 Å². The van der Waals surface area contributed by atoms with Crippen LogP contribution in [-0.2, 0) is 0 Å². The molecule has 3 nitrogen and oxygen atoms in total. The molecule has 0 bridgehead atoms. The van der Waals surface area contributed by atoms with E-state index in [0.29, 0.717) is 4.88 Å². The number of rotatable bonds is 1. The third kappa shape index (κ3) is 1.57. The van der Waals surface area contributed by atoms with Gasteiger partial charge in [0.25, 0.3) is 5.91 Å². The van der Waals surface area contributed by atoms with Gasteiger partial charge in [-0.2, -0.15) is 0 Å². The molecule has 0 fully saturated rings. The maximum Gasteiger partial charge on any atom is 0.261 e. The highest BCUT2D eigenvalue weighted by Gasteiger charge is 2.13. The van der Waals surface area contributed by atoms with Gasteiger partial charge in [0.15, 0.2) is 0 Å². The molecular weight excluding hydrogens is 210 g/mol. The molecule has 0 unspecified atom stereocenters. The van der Waals surface area contributed by atoms with Crippen molar-refractivity contribution in [2.45, 2.75) is 6.92 Å². The largest absolute Gasteiger partial charge is 0.508 e. The Morgan fingerprint density at radius 2 is 2.20 bits per heavy atom. The summed E-state index contributed by atoms with van der Waals surface area (Å²) < 4.78 is 0.936. The molecule has 1 amide bonds. The second kappa shape index (κ2) is 3.55. The van der Waals surface area contributed by atoms with Crippen LogP contribution in [-0.4, -0.2) is 18.1 Å². The van der Waals surface area contributed by atoms with Crippen molar-refractivity contribution in [3.63, 3.8) is 0 Å². The predicted molar refractivity (Wildman–Crippen MR) is 61.6 cm³/mol. The predicted octanol–water partition coefficient (Wildman–Crippen LogP) is 2.27. The van der Waals surface area contributed by atoms with E-state index in [4.69, 9.17) is 0 Å². The Balaban J connectivity index is 2.69. The minimum absolute atomic E-state index is 0.0758. The molecule has 2 rings (SSSR count). The molecule has 1 heterocycles. The van der Waals surface area contributed by atoms with E-state index in [1.165, 1.54) is 11.3 Å². The first-order valence-corrected chi connectivity index (χ1v) is 5.39. The Hall–Kier alpha value is -1.55. The van der Waals surface area contributed by atoms with Gasteiger partial charge in [0.05, 0.1) is 4.88 Å². The van der Waals surface area contributed by atoms with E-state index in [0.717, 1.165) is 15.6 Å². The lowest BCUT2D eigenvalue weighted by Crippen LogP contribution is -2.17. The van der Waals surface area contributed by atoms with Crippen molar-refractivity contribution >= 4 is 27.3 Å². The van der Waals surface area contributed by atoms with Gasteiger partial charge in [-0.25, -0.2) is 0 Å². The lowest BCUT2D eigenvalue weighted by atomic mass is 10.1. The number of aromatic hydroxyl groups is 1. The summed E-state index contributed by atoms with van der Waals surface area (Å²) in [6, 6.07) is 5.15. The fraction of sp³-hybridized carbons (Fsp3) is 0.182. The number of hydrogen-bond acceptors (Lipinski definition) is 3. The number of nitrogens with one attached hydrogen (secondary N) is 1. The van der Waals surface area contributed by atoms with Crippen LogP contribution in [0.1, 0.15) is 15.2 Å². The molecule has 1 aromatic carbocycles. The smallest absolute Gasteiger partial charge is 0.261 e. The van der Waals surface area contributed by atoms with Crippen LogP contribution < -0.4 is 5.32 Å². The van der Waals surface area contributed by atoms with E-state index < -0.39 is 0 Å². The average molecular weight is 221 g/mol. The number of fused-ring (bicyclic) bond motifs is 1. The number of carbonyl (C=O) groups is 1. The third-order valence-corrected chi connectivity index (χ3v) is 3.61. The lowest BCUT2D eigenvalue weighted by molar-refractivity contribution is 0.0966. The zero-order valence-electron chi connectivity index (χ0n) is 8.50. The van der Waals surface area contributed by atoms with Gasteiger partial charge in [0.2, 0.25) is 0 Å².